The highest BCUT2D eigenvalue weighted by Gasteiger charge is 2.57. The molecular formula is C61H45NO2. The second-order valence-corrected chi connectivity index (χ2v) is 17.8. The minimum Gasteiger partial charge on any atom is -0.449 e. The average Bonchev–Trinajstić information content (AvgIpc) is 3.83. The minimum atomic E-state index is -0.331. The van der Waals surface area contributed by atoms with Gasteiger partial charge in [-0.2, -0.15) is 0 Å². The highest BCUT2D eigenvalue weighted by molar-refractivity contribution is 5.88. The van der Waals surface area contributed by atoms with Gasteiger partial charge in [-0.15, -0.1) is 0 Å². The number of ether oxygens (including phenoxy) is 2. The minimum absolute atomic E-state index is 0.254. The predicted molar refractivity (Wildman–Crippen MR) is 261 cm³/mol. The van der Waals surface area contributed by atoms with Crippen LogP contribution in [-0.4, -0.2) is 0 Å². The summed E-state index contributed by atoms with van der Waals surface area (Å²) >= 11 is 0. The van der Waals surface area contributed by atoms with Gasteiger partial charge < -0.3 is 14.4 Å². The summed E-state index contributed by atoms with van der Waals surface area (Å²) in [5, 5.41) is 0. The first kappa shape index (κ1) is 37.0. The van der Waals surface area contributed by atoms with Crippen molar-refractivity contribution >= 4 is 11.4 Å². The molecule has 3 heteroatoms. The molecule has 0 fully saturated rings. The Morgan fingerprint density at radius 3 is 2.09 bits per heavy atom. The van der Waals surface area contributed by atoms with E-state index in [0.717, 1.165) is 64.8 Å². The average molecular weight is 824 g/mol. The van der Waals surface area contributed by atoms with E-state index >= 15 is 0 Å². The van der Waals surface area contributed by atoms with E-state index in [-0.39, 0.29) is 11.3 Å². The van der Waals surface area contributed by atoms with E-state index in [2.05, 4.69) is 223 Å². The molecule has 0 radical (unpaired) electrons. The monoisotopic (exact) mass is 823 g/mol. The largest absolute Gasteiger partial charge is 0.449 e. The van der Waals surface area contributed by atoms with Gasteiger partial charge in [0, 0.05) is 34.8 Å². The van der Waals surface area contributed by atoms with E-state index in [1.165, 1.54) is 55.8 Å². The van der Waals surface area contributed by atoms with Gasteiger partial charge in [-0.3, -0.25) is 0 Å². The molecule has 4 atom stereocenters. The van der Waals surface area contributed by atoms with Crippen molar-refractivity contribution in [1.82, 2.24) is 0 Å². The fourth-order valence-electron chi connectivity index (χ4n) is 11.6. The second-order valence-electron chi connectivity index (χ2n) is 17.8. The summed E-state index contributed by atoms with van der Waals surface area (Å²) in [6.07, 6.45) is 25.9. The number of fused-ring (bicyclic) bond motifs is 12. The number of hydrogen-bond acceptors (Lipinski definition) is 3. The maximum absolute atomic E-state index is 6.92. The Bertz CT molecular complexity index is 3220. The molecule has 13 rings (SSSR count). The molecule has 0 amide bonds. The van der Waals surface area contributed by atoms with Crippen molar-refractivity contribution in [1.29, 1.82) is 0 Å². The summed E-state index contributed by atoms with van der Waals surface area (Å²) in [7, 11) is 0. The molecule has 6 aliphatic rings. The molecule has 5 aliphatic carbocycles. The van der Waals surface area contributed by atoms with E-state index < -0.39 is 0 Å². The molecule has 0 aromatic heterocycles. The Hall–Kier alpha value is -7.62. The molecule has 0 saturated heterocycles. The van der Waals surface area contributed by atoms with E-state index in [9.17, 15) is 0 Å². The molecule has 0 saturated carbocycles. The number of hydrogen-bond donors (Lipinski definition) is 0. The first-order chi connectivity index (χ1) is 31.7. The smallest absolute Gasteiger partial charge is 0.170 e. The molecule has 1 spiro atoms. The molecule has 0 N–H and O–H groups in total. The Kier molecular flexibility index (Phi) is 8.52. The molecule has 64 heavy (non-hydrogen) atoms. The van der Waals surface area contributed by atoms with Crippen LogP contribution in [0.3, 0.4) is 0 Å². The molecule has 7 aromatic rings. The summed E-state index contributed by atoms with van der Waals surface area (Å²) in [6, 6.07) is 57.6. The van der Waals surface area contributed by atoms with Crippen LogP contribution < -0.4 is 14.4 Å². The van der Waals surface area contributed by atoms with Crippen LogP contribution in [0.2, 0.25) is 0 Å². The topological polar surface area (TPSA) is 21.7 Å². The van der Waals surface area contributed by atoms with Gasteiger partial charge in [0.2, 0.25) is 0 Å². The van der Waals surface area contributed by atoms with Crippen LogP contribution in [0.5, 0.6) is 23.0 Å². The first-order valence-electron chi connectivity index (χ1n) is 22.7. The van der Waals surface area contributed by atoms with Gasteiger partial charge in [-0.05, 0) is 129 Å². The van der Waals surface area contributed by atoms with Crippen LogP contribution in [-0.2, 0) is 5.41 Å². The third-order valence-electron chi connectivity index (χ3n) is 14.4. The van der Waals surface area contributed by atoms with Crippen molar-refractivity contribution in [2.45, 2.75) is 30.6 Å². The standard InChI is InChI=1S/C61H45NO2/c1-3-16-40(17-4-1)43-20-15-21-46(36-43)62(56-29-14-10-22-47(56)42-18-5-2-6-19-42)45-33-30-41(31-34-45)44-32-35-57-58(37-44)64-60-39-55-51(38-59(60)63-57)50-25-9-13-28-54(50)61(55)52-26-11-7-23-48(52)49-24-8-12-27-53(49)61/h1-13,15-18,20-28,30-39,42,48,52H,14,19,29H2. The molecule has 3 nitrogen and oxygen atoms in total. The van der Waals surface area contributed by atoms with E-state index in [4.69, 9.17) is 9.47 Å². The summed E-state index contributed by atoms with van der Waals surface area (Å²) < 4.78 is 13.6. The lowest BCUT2D eigenvalue weighted by atomic mass is 9.65. The number of nitrogens with zero attached hydrogens (tertiary/aromatic N) is 1. The van der Waals surface area contributed by atoms with Gasteiger partial charge in [-0.1, -0.05) is 170 Å². The molecule has 306 valence electrons. The third-order valence-corrected chi connectivity index (χ3v) is 14.4. The van der Waals surface area contributed by atoms with Gasteiger partial charge in [0.25, 0.3) is 0 Å². The van der Waals surface area contributed by atoms with Crippen molar-refractivity contribution in [3.8, 4) is 56.4 Å². The summed E-state index contributed by atoms with van der Waals surface area (Å²) in [4.78, 5) is 2.50. The van der Waals surface area contributed by atoms with E-state index in [1.54, 1.807) is 0 Å². The zero-order valence-electron chi connectivity index (χ0n) is 35.4. The van der Waals surface area contributed by atoms with Crippen molar-refractivity contribution in [2.24, 2.45) is 11.8 Å². The van der Waals surface area contributed by atoms with Crippen LogP contribution >= 0.6 is 0 Å². The lowest BCUT2D eigenvalue weighted by Gasteiger charge is -2.36. The lowest BCUT2D eigenvalue weighted by molar-refractivity contribution is 0.358. The fourth-order valence-corrected chi connectivity index (χ4v) is 11.6. The summed E-state index contributed by atoms with van der Waals surface area (Å²) in [6.45, 7) is 0. The predicted octanol–water partition coefficient (Wildman–Crippen LogP) is 15.9. The maximum atomic E-state index is 6.92. The molecule has 1 aliphatic heterocycles. The van der Waals surface area contributed by atoms with Gasteiger partial charge in [0.15, 0.2) is 23.0 Å². The van der Waals surface area contributed by atoms with E-state index in [0.29, 0.717) is 11.8 Å². The fraction of sp³-hybridized carbons (Fsp3) is 0.115. The van der Waals surface area contributed by atoms with Crippen molar-refractivity contribution in [3.05, 3.63) is 252 Å². The van der Waals surface area contributed by atoms with Crippen molar-refractivity contribution in [2.75, 3.05) is 4.90 Å². The zero-order valence-corrected chi connectivity index (χ0v) is 35.4. The highest BCUT2D eigenvalue weighted by atomic mass is 16.6. The second kappa shape index (κ2) is 14.7. The van der Waals surface area contributed by atoms with Gasteiger partial charge in [-0.25, -0.2) is 0 Å². The van der Waals surface area contributed by atoms with E-state index in [1.807, 2.05) is 0 Å². The Morgan fingerprint density at radius 2 is 1.20 bits per heavy atom. The zero-order chi connectivity index (χ0) is 42.2. The molecule has 4 unspecified atom stereocenters. The Labute approximate surface area is 375 Å². The molecule has 1 heterocycles. The Balaban J connectivity index is 0.868. The van der Waals surface area contributed by atoms with Crippen LogP contribution in [0.4, 0.5) is 11.4 Å². The van der Waals surface area contributed by atoms with Crippen LogP contribution in [0.25, 0.3) is 33.4 Å². The first-order valence-corrected chi connectivity index (χ1v) is 22.7. The van der Waals surface area contributed by atoms with Crippen molar-refractivity contribution in [3.63, 3.8) is 0 Å². The van der Waals surface area contributed by atoms with Gasteiger partial charge >= 0.3 is 0 Å². The van der Waals surface area contributed by atoms with Gasteiger partial charge in [0.1, 0.15) is 0 Å². The SMILES string of the molecule is C1=CCC(C2=C(N(c3ccc(-c4ccc5c(c4)Oc4cc6c(cc4O5)-c4ccccc4C64c5ccccc5C5C=CC=CC54)cc3)c3cccc(-c4ccccc4)c3)CCC=C2)C=C1. The van der Waals surface area contributed by atoms with Crippen LogP contribution in [0.1, 0.15) is 47.4 Å². The maximum Gasteiger partial charge on any atom is 0.170 e. The molecule has 0 bridgehead atoms. The quantitative estimate of drug-likeness (QED) is 0.167. The van der Waals surface area contributed by atoms with Crippen LogP contribution in [0, 0.1) is 11.8 Å². The number of allylic oxidation sites excluding steroid dienone is 12. The third kappa shape index (κ3) is 5.67. The highest BCUT2D eigenvalue weighted by Crippen LogP contribution is 2.66. The summed E-state index contributed by atoms with van der Waals surface area (Å²) in [5.41, 5.74) is 17.2. The summed E-state index contributed by atoms with van der Waals surface area (Å²) in [5.74, 6) is 3.85. The number of benzene rings is 7. The van der Waals surface area contributed by atoms with Crippen molar-refractivity contribution < 1.29 is 9.47 Å². The molecular weight excluding hydrogens is 779 g/mol. The number of rotatable bonds is 6. The van der Waals surface area contributed by atoms with Crippen LogP contribution in [0.15, 0.2) is 230 Å². The number of anilines is 2. The van der Waals surface area contributed by atoms with Gasteiger partial charge in [0.05, 0.1) is 5.41 Å². The molecule has 7 aromatic carbocycles. The normalized spacial score (nSPS) is 21.3. The lowest BCUT2D eigenvalue weighted by Crippen LogP contribution is -2.33. The Morgan fingerprint density at radius 1 is 0.484 bits per heavy atom.